The van der Waals surface area contributed by atoms with Crippen molar-refractivity contribution in [2.45, 2.75) is 64.1 Å². The Balaban J connectivity index is 1.56. The monoisotopic (exact) mass is 362 g/mol. The molecule has 0 saturated carbocycles. The van der Waals surface area contributed by atoms with Crippen LogP contribution in [-0.4, -0.2) is 36.9 Å². The summed E-state index contributed by atoms with van der Waals surface area (Å²) in [6, 6.07) is 9.99. The van der Waals surface area contributed by atoms with Gasteiger partial charge in [-0.3, -0.25) is 0 Å². The molecule has 4 nitrogen and oxygen atoms in total. The van der Waals surface area contributed by atoms with Crippen molar-refractivity contribution in [2.24, 2.45) is 5.92 Å². The molecule has 2 aliphatic rings. The van der Waals surface area contributed by atoms with Crippen LogP contribution in [-0.2, 0) is 0 Å². The zero-order valence-electron chi connectivity index (χ0n) is 15.7. The van der Waals surface area contributed by atoms with E-state index in [4.69, 9.17) is 17.0 Å². The molecule has 4 atom stereocenters. The van der Waals surface area contributed by atoms with Gasteiger partial charge in [0.2, 0.25) is 0 Å². The summed E-state index contributed by atoms with van der Waals surface area (Å²) in [7, 11) is 1.68. The molecule has 0 aliphatic carbocycles. The molecule has 1 aromatic carbocycles. The molecule has 2 unspecified atom stereocenters. The van der Waals surface area contributed by atoms with Crippen molar-refractivity contribution in [1.82, 2.24) is 5.32 Å². The normalized spacial score (nSPS) is 28.5. The molecular weight excluding hydrogens is 330 g/mol. The highest BCUT2D eigenvalue weighted by Gasteiger charge is 2.41. The van der Waals surface area contributed by atoms with E-state index in [1.54, 1.807) is 7.11 Å². The molecule has 2 fully saturated rings. The SMILES string of the molecule is COc1cccc(NC(=S)NC2C[C@H]3CCC[C@@H](C2)[NH+]3CC(C)C)c1. The Morgan fingerprint density at radius 3 is 2.64 bits per heavy atom. The number of methoxy groups -OCH3 is 1. The Kier molecular flexibility index (Phi) is 6.18. The van der Waals surface area contributed by atoms with Crippen LogP contribution in [0.2, 0.25) is 0 Å². The molecular formula is C20H32N3OS+. The number of hydrogen-bond acceptors (Lipinski definition) is 2. The maximum atomic E-state index is 5.56. The summed E-state index contributed by atoms with van der Waals surface area (Å²) in [5.74, 6) is 1.62. The van der Waals surface area contributed by atoms with E-state index in [-0.39, 0.29) is 0 Å². The summed E-state index contributed by atoms with van der Waals surface area (Å²) >= 11 is 5.56. The molecule has 3 rings (SSSR count). The molecule has 2 aliphatic heterocycles. The van der Waals surface area contributed by atoms with Crippen molar-refractivity contribution < 1.29 is 9.64 Å². The van der Waals surface area contributed by atoms with Gasteiger partial charge in [0.15, 0.2) is 5.11 Å². The van der Waals surface area contributed by atoms with Crippen molar-refractivity contribution in [3.8, 4) is 5.75 Å². The van der Waals surface area contributed by atoms with E-state index in [1.165, 1.54) is 38.6 Å². The van der Waals surface area contributed by atoms with E-state index in [2.05, 4.69) is 24.5 Å². The zero-order chi connectivity index (χ0) is 17.8. The largest absolute Gasteiger partial charge is 0.497 e. The first-order chi connectivity index (χ1) is 12.0. The molecule has 25 heavy (non-hydrogen) atoms. The average molecular weight is 363 g/mol. The lowest BCUT2D eigenvalue weighted by Crippen LogP contribution is -3.21. The lowest BCUT2D eigenvalue weighted by molar-refractivity contribution is -0.963. The lowest BCUT2D eigenvalue weighted by Gasteiger charge is -2.46. The molecule has 0 amide bonds. The van der Waals surface area contributed by atoms with Crippen LogP contribution in [0.15, 0.2) is 24.3 Å². The van der Waals surface area contributed by atoms with Gasteiger partial charge in [0.25, 0.3) is 0 Å². The Bertz CT molecular complexity index is 578. The summed E-state index contributed by atoms with van der Waals surface area (Å²) in [6.07, 6.45) is 6.60. The first-order valence-corrected chi connectivity index (χ1v) is 10.0. The van der Waals surface area contributed by atoms with E-state index in [0.29, 0.717) is 6.04 Å². The van der Waals surface area contributed by atoms with Crippen molar-refractivity contribution in [3.63, 3.8) is 0 Å². The Labute approximate surface area is 157 Å². The van der Waals surface area contributed by atoms with Crippen molar-refractivity contribution in [2.75, 3.05) is 19.0 Å². The molecule has 2 heterocycles. The minimum Gasteiger partial charge on any atom is -0.497 e. The second-order valence-electron chi connectivity index (χ2n) is 8.00. The van der Waals surface area contributed by atoms with Gasteiger partial charge in [-0.25, -0.2) is 0 Å². The number of rotatable bonds is 5. The first-order valence-electron chi connectivity index (χ1n) is 9.62. The molecule has 0 spiro atoms. The van der Waals surface area contributed by atoms with Gasteiger partial charge in [0.1, 0.15) is 5.75 Å². The van der Waals surface area contributed by atoms with Gasteiger partial charge in [-0.15, -0.1) is 0 Å². The van der Waals surface area contributed by atoms with Crippen LogP contribution in [0.25, 0.3) is 0 Å². The quantitative estimate of drug-likeness (QED) is 0.704. The average Bonchev–Trinajstić information content (AvgIpc) is 2.55. The molecule has 2 saturated heterocycles. The van der Waals surface area contributed by atoms with Crippen LogP contribution in [0, 0.1) is 5.92 Å². The van der Waals surface area contributed by atoms with E-state index >= 15 is 0 Å². The van der Waals surface area contributed by atoms with Crippen LogP contribution in [0.5, 0.6) is 5.75 Å². The number of quaternary nitrogens is 1. The molecule has 138 valence electrons. The van der Waals surface area contributed by atoms with Gasteiger partial charge in [0.05, 0.1) is 25.7 Å². The summed E-state index contributed by atoms with van der Waals surface area (Å²) in [5, 5.41) is 7.61. The summed E-state index contributed by atoms with van der Waals surface area (Å²) in [5.41, 5.74) is 0.972. The van der Waals surface area contributed by atoms with Crippen LogP contribution in [0.4, 0.5) is 5.69 Å². The number of anilines is 1. The minimum absolute atomic E-state index is 0.497. The highest BCUT2D eigenvalue weighted by molar-refractivity contribution is 7.80. The fourth-order valence-electron chi connectivity index (χ4n) is 4.61. The fraction of sp³-hybridized carbons (Fsp3) is 0.650. The van der Waals surface area contributed by atoms with Crippen LogP contribution >= 0.6 is 12.2 Å². The summed E-state index contributed by atoms with van der Waals surface area (Å²) < 4.78 is 5.27. The minimum atomic E-state index is 0.497. The van der Waals surface area contributed by atoms with E-state index in [0.717, 1.165) is 34.6 Å². The van der Waals surface area contributed by atoms with E-state index in [1.807, 2.05) is 29.2 Å². The van der Waals surface area contributed by atoms with E-state index < -0.39 is 0 Å². The highest BCUT2D eigenvalue weighted by Crippen LogP contribution is 2.23. The number of piperidine rings is 2. The summed E-state index contributed by atoms with van der Waals surface area (Å²) in [4.78, 5) is 1.85. The van der Waals surface area contributed by atoms with Gasteiger partial charge >= 0.3 is 0 Å². The molecule has 1 aromatic rings. The van der Waals surface area contributed by atoms with Crippen LogP contribution in [0.3, 0.4) is 0 Å². The number of benzene rings is 1. The third-order valence-corrected chi connectivity index (χ3v) is 5.82. The molecule has 2 bridgehead atoms. The van der Waals surface area contributed by atoms with Crippen molar-refractivity contribution >= 4 is 23.0 Å². The zero-order valence-corrected chi connectivity index (χ0v) is 16.5. The Morgan fingerprint density at radius 1 is 1.28 bits per heavy atom. The third kappa shape index (κ3) is 4.85. The van der Waals surface area contributed by atoms with Gasteiger partial charge in [-0.2, -0.15) is 0 Å². The second-order valence-corrected chi connectivity index (χ2v) is 8.40. The second kappa shape index (κ2) is 8.37. The maximum absolute atomic E-state index is 5.56. The van der Waals surface area contributed by atoms with Gasteiger partial charge in [0, 0.05) is 36.6 Å². The molecule has 5 heteroatoms. The maximum Gasteiger partial charge on any atom is 0.171 e. The number of nitrogens with one attached hydrogen (secondary N) is 3. The third-order valence-electron chi connectivity index (χ3n) is 5.60. The van der Waals surface area contributed by atoms with Crippen molar-refractivity contribution in [3.05, 3.63) is 24.3 Å². The van der Waals surface area contributed by atoms with Crippen LogP contribution in [0.1, 0.15) is 46.0 Å². The van der Waals surface area contributed by atoms with Gasteiger partial charge in [-0.05, 0) is 43.6 Å². The smallest absolute Gasteiger partial charge is 0.171 e. The first kappa shape index (κ1) is 18.5. The molecule has 0 aromatic heterocycles. The van der Waals surface area contributed by atoms with Crippen molar-refractivity contribution in [1.29, 1.82) is 0 Å². The standard InChI is InChI=1S/C20H31N3OS/c1-14(2)13-23-17-7-5-8-18(23)11-16(10-17)22-20(25)21-15-6-4-9-19(12-15)24-3/h4,6,9,12,14,16-18H,5,7-8,10-11,13H2,1-3H3,(H2,21,22,25)/p+1/t16?,17-,18+. The predicted molar refractivity (Wildman–Crippen MR) is 107 cm³/mol. The Morgan fingerprint density at radius 2 is 2.00 bits per heavy atom. The van der Waals surface area contributed by atoms with Gasteiger partial charge < -0.3 is 20.3 Å². The number of thiocarbonyl (C=S) groups is 1. The van der Waals surface area contributed by atoms with Crippen LogP contribution < -0.4 is 20.3 Å². The number of fused-ring (bicyclic) bond motifs is 2. The molecule has 0 radical (unpaired) electrons. The lowest BCUT2D eigenvalue weighted by atomic mass is 9.81. The topological polar surface area (TPSA) is 37.7 Å². The van der Waals surface area contributed by atoms with E-state index in [9.17, 15) is 0 Å². The number of ether oxygens (including phenoxy) is 1. The Hall–Kier alpha value is -1.33. The number of hydrogen-bond donors (Lipinski definition) is 3. The summed E-state index contributed by atoms with van der Waals surface area (Å²) in [6.45, 7) is 6.01. The fourth-order valence-corrected chi connectivity index (χ4v) is 4.90. The predicted octanol–water partition coefficient (Wildman–Crippen LogP) is 2.61. The van der Waals surface area contributed by atoms with Gasteiger partial charge in [-0.1, -0.05) is 19.9 Å². The highest BCUT2D eigenvalue weighted by atomic mass is 32.1. The molecule has 3 N–H and O–H groups in total.